The minimum Gasteiger partial charge on any atom is -0.504 e. The Hall–Kier alpha value is -2.04. The average molecular weight is 305 g/mol. The summed E-state index contributed by atoms with van der Waals surface area (Å²) in [6.07, 6.45) is 5.43. The van der Waals surface area contributed by atoms with Gasteiger partial charge in [0.05, 0.1) is 12.5 Å². The fourth-order valence-electron chi connectivity index (χ4n) is 2.77. The van der Waals surface area contributed by atoms with E-state index < -0.39 is 0 Å². The number of hydrogen-bond acceptors (Lipinski definition) is 5. The number of benzene rings is 1. The van der Waals surface area contributed by atoms with E-state index in [2.05, 4.69) is 4.99 Å². The van der Waals surface area contributed by atoms with Crippen LogP contribution in [0.25, 0.3) is 0 Å². The van der Waals surface area contributed by atoms with Gasteiger partial charge in [-0.25, -0.2) is 0 Å². The summed E-state index contributed by atoms with van der Waals surface area (Å²) >= 11 is 0. The molecule has 0 unspecified atom stereocenters. The number of aliphatic imine (C=N–C) groups is 1. The Morgan fingerprint density at radius 3 is 2.64 bits per heavy atom. The zero-order chi connectivity index (χ0) is 15.9. The van der Waals surface area contributed by atoms with Crippen molar-refractivity contribution in [2.45, 2.75) is 32.6 Å². The Labute approximate surface area is 130 Å². The summed E-state index contributed by atoms with van der Waals surface area (Å²) in [7, 11) is 0. The molecule has 2 rings (SSSR count). The minimum atomic E-state index is -0.140. The fourth-order valence-corrected chi connectivity index (χ4v) is 2.77. The molecular formula is C17H23NO4. The Bertz CT molecular complexity index is 533. The van der Waals surface area contributed by atoms with Crippen molar-refractivity contribution >= 4 is 12.2 Å². The van der Waals surface area contributed by atoms with Gasteiger partial charge in [-0.15, -0.1) is 0 Å². The molecule has 1 aromatic carbocycles. The summed E-state index contributed by atoms with van der Waals surface area (Å²) < 4.78 is 5.06. The number of nitrogens with zero attached hydrogens (tertiary/aromatic N) is 1. The molecule has 5 nitrogen and oxygen atoms in total. The van der Waals surface area contributed by atoms with Gasteiger partial charge in [-0.05, 0) is 62.3 Å². The van der Waals surface area contributed by atoms with Gasteiger partial charge in [-0.2, -0.15) is 0 Å². The molecule has 0 spiro atoms. The van der Waals surface area contributed by atoms with Crippen LogP contribution in [-0.2, 0) is 9.53 Å². The highest BCUT2D eigenvalue weighted by Gasteiger charge is 2.26. The molecule has 22 heavy (non-hydrogen) atoms. The van der Waals surface area contributed by atoms with Crippen molar-refractivity contribution in [3.63, 3.8) is 0 Å². The molecule has 0 aromatic heterocycles. The molecule has 1 aliphatic carbocycles. The third kappa shape index (κ3) is 4.48. The number of rotatable bonds is 5. The van der Waals surface area contributed by atoms with Gasteiger partial charge in [0.1, 0.15) is 0 Å². The highest BCUT2D eigenvalue weighted by atomic mass is 16.5. The Kier molecular flexibility index (Phi) is 5.81. The van der Waals surface area contributed by atoms with Gasteiger partial charge in [0.2, 0.25) is 0 Å². The zero-order valence-corrected chi connectivity index (χ0v) is 12.9. The molecule has 0 saturated heterocycles. The van der Waals surface area contributed by atoms with Gasteiger partial charge in [0.15, 0.2) is 11.5 Å². The summed E-state index contributed by atoms with van der Waals surface area (Å²) in [5, 5.41) is 18.7. The van der Waals surface area contributed by atoms with Crippen molar-refractivity contribution in [3.8, 4) is 11.5 Å². The van der Waals surface area contributed by atoms with Gasteiger partial charge in [-0.3, -0.25) is 9.79 Å². The molecule has 0 amide bonds. The lowest BCUT2D eigenvalue weighted by atomic mass is 9.82. The monoisotopic (exact) mass is 305 g/mol. The van der Waals surface area contributed by atoms with Crippen LogP contribution in [0.4, 0.5) is 0 Å². The summed E-state index contributed by atoms with van der Waals surface area (Å²) in [4.78, 5) is 16.1. The number of esters is 1. The van der Waals surface area contributed by atoms with Gasteiger partial charge in [-0.1, -0.05) is 0 Å². The van der Waals surface area contributed by atoms with E-state index in [1.165, 1.54) is 12.1 Å². The molecular weight excluding hydrogens is 282 g/mol. The van der Waals surface area contributed by atoms with Crippen LogP contribution in [0, 0.1) is 11.8 Å². The quantitative estimate of drug-likeness (QED) is 0.498. The van der Waals surface area contributed by atoms with Crippen molar-refractivity contribution in [1.82, 2.24) is 0 Å². The molecule has 1 saturated carbocycles. The lowest BCUT2D eigenvalue weighted by Crippen LogP contribution is -2.24. The summed E-state index contributed by atoms with van der Waals surface area (Å²) in [5.74, 6) is 0.208. The number of aromatic hydroxyl groups is 2. The SMILES string of the molecule is CCOC(=O)C1CCC(CN=Cc2ccc(O)c(O)c2)CC1. The first kappa shape index (κ1) is 16.3. The van der Waals surface area contributed by atoms with Crippen molar-refractivity contribution in [1.29, 1.82) is 0 Å². The van der Waals surface area contributed by atoms with E-state index in [1.54, 1.807) is 12.3 Å². The van der Waals surface area contributed by atoms with Gasteiger partial charge in [0.25, 0.3) is 0 Å². The first-order valence-corrected chi connectivity index (χ1v) is 7.78. The fraction of sp³-hybridized carbons (Fsp3) is 0.529. The third-order valence-corrected chi connectivity index (χ3v) is 4.07. The molecule has 0 radical (unpaired) electrons. The Morgan fingerprint density at radius 1 is 1.27 bits per heavy atom. The second-order valence-corrected chi connectivity index (χ2v) is 5.71. The van der Waals surface area contributed by atoms with E-state index in [9.17, 15) is 15.0 Å². The third-order valence-electron chi connectivity index (χ3n) is 4.07. The first-order valence-electron chi connectivity index (χ1n) is 7.78. The second-order valence-electron chi connectivity index (χ2n) is 5.71. The van der Waals surface area contributed by atoms with Crippen molar-refractivity contribution in [2.75, 3.05) is 13.2 Å². The Morgan fingerprint density at radius 2 is 2.00 bits per heavy atom. The standard InChI is InChI=1S/C17H23NO4/c1-2-22-17(21)14-6-3-12(4-7-14)10-18-11-13-5-8-15(19)16(20)9-13/h5,8-9,11-12,14,19-20H,2-4,6-7,10H2,1H3. The topological polar surface area (TPSA) is 79.1 Å². The van der Waals surface area contributed by atoms with Crippen LogP contribution >= 0.6 is 0 Å². The lowest BCUT2D eigenvalue weighted by Gasteiger charge is -2.25. The van der Waals surface area contributed by atoms with Crippen molar-refractivity contribution in [2.24, 2.45) is 16.8 Å². The van der Waals surface area contributed by atoms with Crippen molar-refractivity contribution in [3.05, 3.63) is 23.8 Å². The highest BCUT2D eigenvalue weighted by Crippen LogP contribution is 2.30. The lowest BCUT2D eigenvalue weighted by molar-refractivity contribution is -0.149. The molecule has 0 atom stereocenters. The number of ether oxygens (including phenoxy) is 1. The molecule has 5 heteroatoms. The number of phenolic OH excluding ortho intramolecular Hbond substituents is 2. The van der Waals surface area contributed by atoms with Crippen LogP contribution in [0.2, 0.25) is 0 Å². The first-order chi connectivity index (χ1) is 10.6. The van der Waals surface area contributed by atoms with E-state index in [4.69, 9.17) is 4.74 Å². The zero-order valence-electron chi connectivity index (χ0n) is 12.9. The van der Waals surface area contributed by atoms with E-state index in [0.717, 1.165) is 37.8 Å². The summed E-state index contributed by atoms with van der Waals surface area (Å²) in [6, 6.07) is 4.63. The van der Waals surface area contributed by atoms with Crippen LogP contribution < -0.4 is 0 Å². The highest BCUT2D eigenvalue weighted by molar-refractivity contribution is 5.80. The average Bonchev–Trinajstić information content (AvgIpc) is 2.52. The van der Waals surface area contributed by atoms with Gasteiger partial charge in [0, 0.05) is 12.8 Å². The molecule has 120 valence electrons. The van der Waals surface area contributed by atoms with Crippen LogP contribution in [0.5, 0.6) is 11.5 Å². The maximum absolute atomic E-state index is 11.7. The molecule has 0 aliphatic heterocycles. The molecule has 2 N–H and O–H groups in total. The normalized spacial score (nSPS) is 21.9. The second kappa shape index (κ2) is 7.82. The molecule has 1 fully saturated rings. The summed E-state index contributed by atoms with van der Waals surface area (Å²) in [5.41, 5.74) is 0.760. The van der Waals surface area contributed by atoms with Gasteiger partial charge < -0.3 is 14.9 Å². The van der Waals surface area contributed by atoms with E-state index in [1.807, 2.05) is 6.92 Å². The smallest absolute Gasteiger partial charge is 0.308 e. The van der Waals surface area contributed by atoms with E-state index in [-0.39, 0.29) is 23.4 Å². The number of phenols is 2. The predicted molar refractivity (Wildman–Crippen MR) is 84.3 cm³/mol. The van der Waals surface area contributed by atoms with Crippen LogP contribution in [0.3, 0.4) is 0 Å². The van der Waals surface area contributed by atoms with Gasteiger partial charge >= 0.3 is 5.97 Å². The van der Waals surface area contributed by atoms with E-state index in [0.29, 0.717) is 12.5 Å². The summed E-state index contributed by atoms with van der Waals surface area (Å²) in [6.45, 7) is 3.00. The molecule has 1 aromatic rings. The maximum atomic E-state index is 11.7. The number of carbonyl (C=O) groups is 1. The molecule has 1 aliphatic rings. The van der Waals surface area contributed by atoms with Crippen LogP contribution in [-0.4, -0.2) is 35.5 Å². The number of hydrogen-bond donors (Lipinski definition) is 2. The van der Waals surface area contributed by atoms with Crippen LogP contribution in [0.15, 0.2) is 23.2 Å². The molecule has 0 heterocycles. The van der Waals surface area contributed by atoms with Crippen LogP contribution in [0.1, 0.15) is 38.2 Å². The number of carbonyl (C=O) groups excluding carboxylic acids is 1. The minimum absolute atomic E-state index is 0.0502. The van der Waals surface area contributed by atoms with E-state index >= 15 is 0 Å². The van der Waals surface area contributed by atoms with Crippen molar-refractivity contribution < 1.29 is 19.7 Å². The largest absolute Gasteiger partial charge is 0.504 e. The Balaban J connectivity index is 1.77. The predicted octanol–water partition coefficient (Wildman–Crippen LogP) is 2.89. The molecule has 0 bridgehead atoms. The maximum Gasteiger partial charge on any atom is 0.308 e.